The summed E-state index contributed by atoms with van der Waals surface area (Å²) in [5.74, 6) is -1.11. The summed E-state index contributed by atoms with van der Waals surface area (Å²) in [7, 11) is 0. The molecule has 6 nitrogen and oxygen atoms in total. The van der Waals surface area contributed by atoms with Gasteiger partial charge in [-0.15, -0.1) is 0 Å². The second-order valence-corrected chi connectivity index (χ2v) is 6.14. The molecule has 1 aliphatic heterocycles. The molecule has 3 aromatic rings. The Bertz CT molecular complexity index is 1030. The Balaban J connectivity index is 1.58. The Kier molecular flexibility index (Phi) is 4.22. The number of imide groups is 1. The number of fused-ring (bicyclic) bond motifs is 1. The summed E-state index contributed by atoms with van der Waals surface area (Å²) in [5, 5.41) is 2.77. The molecule has 0 spiro atoms. The number of benzene rings is 2. The predicted molar refractivity (Wildman–Crippen MR) is 99.3 cm³/mol. The lowest BCUT2D eigenvalue weighted by Gasteiger charge is -2.13. The van der Waals surface area contributed by atoms with Crippen LogP contribution in [0.1, 0.15) is 36.6 Å². The van der Waals surface area contributed by atoms with Gasteiger partial charge in [0.05, 0.1) is 17.7 Å². The molecule has 3 amide bonds. The van der Waals surface area contributed by atoms with E-state index in [0.29, 0.717) is 16.8 Å². The molecule has 0 unspecified atom stereocenters. The average Bonchev–Trinajstić information content (AvgIpc) is 2.94. The zero-order valence-corrected chi connectivity index (χ0v) is 14.3. The van der Waals surface area contributed by atoms with Gasteiger partial charge in [0.1, 0.15) is 0 Å². The molecule has 132 valence electrons. The van der Waals surface area contributed by atoms with Crippen molar-refractivity contribution in [1.82, 2.24) is 9.88 Å². The second kappa shape index (κ2) is 6.84. The van der Waals surface area contributed by atoms with Gasteiger partial charge in [-0.3, -0.25) is 24.3 Å². The number of carbonyl (C=O) groups is 3. The Morgan fingerprint density at radius 2 is 1.70 bits per heavy atom. The van der Waals surface area contributed by atoms with Crippen molar-refractivity contribution in [3.8, 4) is 0 Å². The molecular weight excluding hydrogens is 342 g/mol. The van der Waals surface area contributed by atoms with Gasteiger partial charge in [-0.05, 0) is 42.0 Å². The molecule has 27 heavy (non-hydrogen) atoms. The molecule has 0 atom stereocenters. The van der Waals surface area contributed by atoms with Crippen molar-refractivity contribution in [2.75, 3.05) is 5.32 Å². The van der Waals surface area contributed by atoms with E-state index in [9.17, 15) is 14.4 Å². The maximum Gasteiger partial charge on any atom is 0.261 e. The highest BCUT2D eigenvalue weighted by atomic mass is 16.2. The minimum atomic E-state index is -0.409. The van der Waals surface area contributed by atoms with Crippen LogP contribution >= 0.6 is 0 Å². The molecule has 1 aliphatic rings. The Labute approximate surface area is 155 Å². The van der Waals surface area contributed by atoms with E-state index in [1.54, 1.807) is 42.7 Å². The fourth-order valence-electron chi connectivity index (χ4n) is 2.97. The number of amides is 3. The molecule has 2 heterocycles. The van der Waals surface area contributed by atoms with Crippen LogP contribution in [0.2, 0.25) is 0 Å². The zero-order chi connectivity index (χ0) is 18.8. The average molecular weight is 357 g/mol. The van der Waals surface area contributed by atoms with Gasteiger partial charge in [0.15, 0.2) is 0 Å². The first kappa shape index (κ1) is 16.7. The van der Waals surface area contributed by atoms with Gasteiger partial charge < -0.3 is 5.32 Å². The van der Waals surface area contributed by atoms with Crippen molar-refractivity contribution < 1.29 is 14.4 Å². The van der Waals surface area contributed by atoms with Crippen LogP contribution in [0.25, 0.3) is 0 Å². The highest BCUT2D eigenvalue weighted by Crippen LogP contribution is 2.26. The predicted octanol–water partition coefficient (Wildman–Crippen LogP) is 3.13. The molecule has 1 aromatic heterocycles. The first-order valence-electron chi connectivity index (χ1n) is 8.39. The van der Waals surface area contributed by atoms with Crippen LogP contribution in [-0.2, 0) is 6.54 Å². The van der Waals surface area contributed by atoms with Crippen LogP contribution in [0.5, 0.6) is 0 Å². The molecule has 0 saturated carbocycles. The van der Waals surface area contributed by atoms with Gasteiger partial charge >= 0.3 is 0 Å². The Morgan fingerprint density at radius 3 is 2.44 bits per heavy atom. The number of nitrogens with zero attached hydrogens (tertiary/aromatic N) is 2. The van der Waals surface area contributed by atoms with E-state index in [1.165, 1.54) is 17.0 Å². The zero-order valence-electron chi connectivity index (χ0n) is 14.3. The van der Waals surface area contributed by atoms with E-state index in [4.69, 9.17) is 0 Å². The van der Waals surface area contributed by atoms with Gasteiger partial charge in [-0.1, -0.05) is 24.3 Å². The third kappa shape index (κ3) is 3.20. The van der Waals surface area contributed by atoms with Crippen molar-refractivity contribution in [3.63, 3.8) is 0 Å². The number of hydrogen-bond acceptors (Lipinski definition) is 4. The lowest BCUT2D eigenvalue weighted by molar-refractivity contribution is 0.0642. The van der Waals surface area contributed by atoms with Crippen LogP contribution in [-0.4, -0.2) is 27.6 Å². The fraction of sp³-hybridized carbons (Fsp3) is 0.0476. The van der Waals surface area contributed by atoms with E-state index in [0.717, 1.165) is 5.56 Å². The molecule has 0 saturated heterocycles. The number of nitrogens with one attached hydrogen (secondary N) is 1. The second-order valence-electron chi connectivity index (χ2n) is 6.14. The first-order chi connectivity index (χ1) is 13.1. The highest BCUT2D eigenvalue weighted by molar-refractivity contribution is 6.22. The van der Waals surface area contributed by atoms with Gasteiger partial charge in [0.25, 0.3) is 17.7 Å². The smallest absolute Gasteiger partial charge is 0.261 e. The molecule has 0 bridgehead atoms. The fourth-order valence-corrected chi connectivity index (χ4v) is 2.97. The maximum atomic E-state index is 12.7. The van der Waals surface area contributed by atoms with Gasteiger partial charge in [0.2, 0.25) is 0 Å². The molecule has 6 heteroatoms. The highest BCUT2D eigenvalue weighted by Gasteiger charge is 2.36. The third-order valence-electron chi connectivity index (χ3n) is 4.33. The van der Waals surface area contributed by atoms with E-state index < -0.39 is 5.91 Å². The van der Waals surface area contributed by atoms with Crippen LogP contribution in [0.3, 0.4) is 0 Å². The molecule has 4 rings (SSSR count). The number of carbonyl (C=O) groups excluding carboxylic acids is 3. The summed E-state index contributed by atoms with van der Waals surface area (Å²) >= 11 is 0. The number of para-hydroxylation sites is 1. The first-order valence-corrected chi connectivity index (χ1v) is 8.39. The van der Waals surface area contributed by atoms with E-state index in [1.807, 2.05) is 18.2 Å². The largest absolute Gasteiger partial charge is 0.322 e. The summed E-state index contributed by atoms with van der Waals surface area (Å²) in [6, 6.07) is 17.1. The standard InChI is InChI=1S/C21H15N3O3/c25-19(23-16-6-2-1-3-7-16)15-8-9-17-18(11-15)21(27)24(20(17)26)13-14-5-4-10-22-12-14/h1-12H,13H2,(H,23,25). The summed E-state index contributed by atoms with van der Waals surface area (Å²) in [6.07, 6.45) is 3.24. The Morgan fingerprint density at radius 1 is 0.926 bits per heavy atom. The minimum Gasteiger partial charge on any atom is -0.322 e. The minimum absolute atomic E-state index is 0.145. The molecule has 0 radical (unpaired) electrons. The van der Waals surface area contributed by atoms with Crippen LogP contribution in [0.4, 0.5) is 5.69 Å². The molecular formula is C21H15N3O3. The van der Waals surface area contributed by atoms with E-state index in [-0.39, 0.29) is 23.9 Å². The lowest BCUT2D eigenvalue weighted by Crippen LogP contribution is -2.29. The quantitative estimate of drug-likeness (QED) is 0.728. The molecule has 1 N–H and O–H groups in total. The SMILES string of the molecule is O=C(Nc1ccccc1)c1ccc2c(c1)C(=O)N(Cc1cccnc1)C2=O. The van der Waals surface area contributed by atoms with Crippen LogP contribution in [0.15, 0.2) is 73.1 Å². The van der Waals surface area contributed by atoms with Crippen LogP contribution in [0, 0.1) is 0 Å². The van der Waals surface area contributed by atoms with Crippen molar-refractivity contribution in [2.45, 2.75) is 6.54 Å². The summed E-state index contributed by atoms with van der Waals surface area (Å²) in [4.78, 5) is 42.9. The van der Waals surface area contributed by atoms with Gasteiger partial charge in [-0.25, -0.2) is 0 Å². The normalized spacial score (nSPS) is 12.8. The Hall–Kier alpha value is -3.80. The number of rotatable bonds is 4. The molecule has 2 aromatic carbocycles. The summed E-state index contributed by atoms with van der Waals surface area (Å²) in [5.41, 5.74) is 2.28. The van der Waals surface area contributed by atoms with Crippen LogP contribution < -0.4 is 5.32 Å². The van der Waals surface area contributed by atoms with E-state index >= 15 is 0 Å². The lowest BCUT2D eigenvalue weighted by atomic mass is 10.1. The molecule has 0 aliphatic carbocycles. The van der Waals surface area contributed by atoms with Crippen molar-refractivity contribution in [1.29, 1.82) is 0 Å². The maximum absolute atomic E-state index is 12.7. The topological polar surface area (TPSA) is 79.4 Å². The number of aromatic nitrogens is 1. The van der Waals surface area contributed by atoms with Crippen molar-refractivity contribution in [2.24, 2.45) is 0 Å². The van der Waals surface area contributed by atoms with Gasteiger partial charge in [-0.2, -0.15) is 0 Å². The number of pyridine rings is 1. The summed E-state index contributed by atoms with van der Waals surface area (Å²) < 4.78 is 0. The number of anilines is 1. The monoisotopic (exact) mass is 357 g/mol. The van der Waals surface area contributed by atoms with Gasteiger partial charge in [0, 0.05) is 23.6 Å². The third-order valence-corrected chi connectivity index (χ3v) is 4.33. The van der Waals surface area contributed by atoms with Crippen molar-refractivity contribution in [3.05, 3.63) is 95.3 Å². The van der Waals surface area contributed by atoms with E-state index in [2.05, 4.69) is 10.3 Å². The number of hydrogen-bond donors (Lipinski definition) is 1. The van der Waals surface area contributed by atoms with Crippen molar-refractivity contribution >= 4 is 23.4 Å². The summed E-state index contributed by atoms with van der Waals surface area (Å²) in [6.45, 7) is 0.145. The molecule has 0 fully saturated rings.